The summed E-state index contributed by atoms with van der Waals surface area (Å²) in [5.74, 6) is 0.984. The summed E-state index contributed by atoms with van der Waals surface area (Å²) in [7, 11) is 0. The molecule has 0 saturated carbocycles. The van der Waals surface area contributed by atoms with E-state index < -0.39 is 0 Å². The van der Waals surface area contributed by atoms with Gasteiger partial charge in [0.05, 0.1) is 5.56 Å². The van der Waals surface area contributed by atoms with Gasteiger partial charge in [-0.2, -0.15) is 5.10 Å². The van der Waals surface area contributed by atoms with Gasteiger partial charge < -0.3 is 15.1 Å². The molecule has 2 unspecified atom stereocenters. The van der Waals surface area contributed by atoms with Crippen molar-refractivity contribution in [1.82, 2.24) is 30.3 Å². The molecule has 4 fully saturated rings. The van der Waals surface area contributed by atoms with Gasteiger partial charge in [0.1, 0.15) is 6.33 Å². The summed E-state index contributed by atoms with van der Waals surface area (Å²) in [4.78, 5) is 23.1. The van der Waals surface area contributed by atoms with Crippen LogP contribution in [0.25, 0.3) is 11.4 Å². The van der Waals surface area contributed by atoms with Crippen molar-refractivity contribution in [2.45, 2.75) is 11.5 Å². The van der Waals surface area contributed by atoms with Crippen LogP contribution in [0.4, 0.5) is 0 Å². The third-order valence-electron chi connectivity index (χ3n) is 7.27. The predicted octanol–water partition coefficient (Wildman–Crippen LogP) is 1.77. The molecular weight excluding hydrogens is 388 g/mol. The summed E-state index contributed by atoms with van der Waals surface area (Å²) in [5, 5.41) is 10.3. The number of hydrogen-bond acceptors (Lipinski definition) is 5. The van der Waals surface area contributed by atoms with Gasteiger partial charge in [-0.25, -0.2) is 4.98 Å². The molecule has 3 atom stereocenters. The number of nitrogens with one attached hydrogen (secondary N) is 2. The third-order valence-corrected chi connectivity index (χ3v) is 7.27. The number of carbonyl (C=O) groups is 1. The van der Waals surface area contributed by atoms with Crippen LogP contribution in [0.3, 0.4) is 0 Å². The Morgan fingerprint density at radius 1 is 1.00 bits per heavy atom. The van der Waals surface area contributed by atoms with Gasteiger partial charge in [-0.05, 0) is 11.6 Å². The minimum Gasteiger partial charge on any atom is -0.348 e. The van der Waals surface area contributed by atoms with E-state index in [1.165, 1.54) is 11.9 Å². The number of hydrogen-bond donors (Lipinski definition) is 2. The number of aromatic nitrogens is 3. The second-order valence-corrected chi connectivity index (χ2v) is 9.08. The number of benzene rings is 2. The summed E-state index contributed by atoms with van der Waals surface area (Å²) in [6.45, 7) is 6.27. The standard InChI is InChI=1S/C24H26N6O/c31-23(20-9-5-4-8-19(20)22-25-16-26-28-22)27-21-17-12-29-10-11-30(13-17)15-24(21,14-29)18-6-2-1-3-7-18/h1-9,16-17,21H,10-15H2,(H,27,31)(H,25,26,28)/t17?,21-,24?/m1/s1. The third kappa shape index (κ3) is 3.07. The van der Waals surface area contributed by atoms with Gasteiger partial charge in [0.25, 0.3) is 5.91 Å². The van der Waals surface area contributed by atoms with Crippen LogP contribution in [-0.4, -0.2) is 76.2 Å². The first-order valence-electron chi connectivity index (χ1n) is 11.0. The molecule has 5 heterocycles. The number of carbonyl (C=O) groups excluding carboxylic acids is 1. The van der Waals surface area contributed by atoms with E-state index >= 15 is 0 Å². The molecule has 0 radical (unpaired) electrons. The smallest absolute Gasteiger partial charge is 0.252 e. The lowest BCUT2D eigenvalue weighted by molar-refractivity contribution is 0.0181. The van der Waals surface area contributed by atoms with Crippen molar-refractivity contribution in [2.75, 3.05) is 39.3 Å². The molecule has 0 aliphatic carbocycles. The largest absolute Gasteiger partial charge is 0.348 e. The minimum absolute atomic E-state index is 0.0385. The zero-order chi connectivity index (χ0) is 20.8. The average Bonchev–Trinajstić information content (AvgIpc) is 3.22. The zero-order valence-corrected chi connectivity index (χ0v) is 17.4. The summed E-state index contributed by atoms with van der Waals surface area (Å²) >= 11 is 0. The molecule has 4 aliphatic heterocycles. The number of aromatic amines is 1. The van der Waals surface area contributed by atoms with Crippen molar-refractivity contribution in [2.24, 2.45) is 5.92 Å². The number of amides is 1. The molecule has 4 saturated heterocycles. The Bertz CT molecular complexity index is 1070. The van der Waals surface area contributed by atoms with E-state index in [-0.39, 0.29) is 17.4 Å². The highest BCUT2D eigenvalue weighted by Gasteiger charge is 2.55. The fourth-order valence-electron chi connectivity index (χ4n) is 6.01. The lowest BCUT2D eigenvalue weighted by Gasteiger charge is -2.55. The Morgan fingerprint density at radius 3 is 2.42 bits per heavy atom. The average molecular weight is 415 g/mol. The Kier molecular flexibility index (Phi) is 4.40. The van der Waals surface area contributed by atoms with Crippen molar-refractivity contribution < 1.29 is 4.79 Å². The molecule has 2 N–H and O–H groups in total. The summed E-state index contributed by atoms with van der Waals surface area (Å²) in [5.41, 5.74) is 2.63. The van der Waals surface area contributed by atoms with E-state index in [2.05, 4.69) is 60.6 Å². The first-order chi connectivity index (χ1) is 15.2. The molecule has 7 heteroatoms. The number of piperidine rings is 2. The summed E-state index contributed by atoms with van der Waals surface area (Å²) < 4.78 is 0. The van der Waals surface area contributed by atoms with Crippen LogP contribution in [-0.2, 0) is 5.41 Å². The lowest BCUT2D eigenvalue weighted by Crippen LogP contribution is -2.70. The van der Waals surface area contributed by atoms with Gasteiger partial charge in [-0.3, -0.25) is 9.89 Å². The maximum Gasteiger partial charge on any atom is 0.252 e. The minimum atomic E-state index is -0.101. The topological polar surface area (TPSA) is 77.2 Å². The second-order valence-electron chi connectivity index (χ2n) is 9.08. The predicted molar refractivity (Wildman–Crippen MR) is 118 cm³/mol. The van der Waals surface area contributed by atoms with Gasteiger partial charge in [0.2, 0.25) is 0 Å². The SMILES string of the molecule is O=C(N[C@@H]1C2CN3CCN(C2)CC1(c1ccccc1)C3)c1ccccc1-c1ncn[nH]1. The molecule has 4 bridgehead atoms. The Hall–Kier alpha value is -3.03. The van der Waals surface area contributed by atoms with Crippen molar-refractivity contribution in [3.8, 4) is 11.4 Å². The number of nitrogens with zero attached hydrogens (tertiary/aromatic N) is 4. The van der Waals surface area contributed by atoms with Crippen LogP contribution in [0.5, 0.6) is 0 Å². The van der Waals surface area contributed by atoms with Crippen LogP contribution in [0.15, 0.2) is 60.9 Å². The van der Waals surface area contributed by atoms with E-state index in [0.29, 0.717) is 17.3 Å². The molecule has 7 rings (SSSR count). The molecule has 1 amide bonds. The number of rotatable bonds is 4. The number of H-pyrrole nitrogens is 1. The molecule has 7 nitrogen and oxygen atoms in total. The van der Waals surface area contributed by atoms with E-state index in [4.69, 9.17) is 0 Å². The van der Waals surface area contributed by atoms with Crippen LogP contribution in [0.1, 0.15) is 15.9 Å². The Labute approximate surface area is 181 Å². The Balaban J connectivity index is 1.38. The first-order valence-corrected chi connectivity index (χ1v) is 11.0. The van der Waals surface area contributed by atoms with Gasteiger partial charge in [0.15, 0.2) is 5.82 Å². The highest BCUT2D eigenvalue weighted by molar-refractivity contribution is 6.00. The van der Waals surface area contributed by atoms with E-state index in [9.17, 15) is 4.79 Å². The molecule has 2 aromatic carbocycles. The van der Waals surface area contributed by atoms with Gasteiger partial charge in [-0.1, -0.05) is 48.5 Å². The molecule has 1 aromatic heterocycles. The zero-order valence-electron chi connectivity index (χ0n) is 17.4. The second kappa shape index (κ2) is 7.28. The van der Waals surface area contributed by atoms with Crippen molar-refractivity contribution in [3.05, 3.63) is 72.1 Å². The van der Waals surface area contributed by atoms with Crippen LogP contribution >= 0.6 is 0 Å². The molecule has 158 valence electrons. The van der Waals surface area contributed by atoms with Gasteiger partial charge in [-0.15, -0.1) is 0 Å². The van der Waals surface area contributed by atoms with Crippen LogP contribution in [0, 0.1) is 5.92 Å². The van der Waals surface area contributed by atoms with Crippen LogP contribution in [0.2, 0.25) is 0 Å². The molecular formula is C24H26N6O. The summed E-state index contributed by atoms with van der Waals surface area (Å²) in [6.07, 6.45) is 1.47. The van der Waals surface area contributed by atoms with Gasteiger partial charge in [0, 0.05) is 62.2 Å². The monoisotopic (exact) mass is 414 g/mol. The van der Waals surface area contributed by atoms with Crippen molar-refractivity contribution in [1.29, 1.82) is 0 Å². The molecule has 31 heavy (non-hydrogen) atoms. The van der Waals surface area contributed by atoms with E-state index in [1.54, 1.807) is 0 Å². The van der Waals surface area contributed by atoms with E-state index in [1.807, 2.05) is 24.3 Å². The fraction of sp³-hybridized carbons (Fsp3) is 0.375. The van der Waals surface area contributed by atoms with Crippen molar-refractivity contribution in [3.63, 3.8) is 0 Å². The maximum atomic E-state index is 13.6. The van der Waals surface area contributed by atoms with E-state index in [0.717, 1.165) is 44.8 Å². The molecule has 0 spiro atoms. The normalized spacial score (nSPS) is 31.4. The fourth-order valence-corrected chi connectivity index (χ4v) is 6.01. The number of fused-ring (bicyclic) bond motifs is 1. The van der Waals surface area contributed by atoms with Gasteiger partial charge >= 0.3 is 0 Å². The first kappa shape index (κ1) is 18.7. The van der Waals surface area contributed by atoms with Crippen LogP contribution < -0.4 is 5.32 Å². The molecule has 3 aromatic rings. The maximum absolute atomic E-state index is 13.6. The lowest BCUT2D eigenvalue weighted by atomic mass is 9.64. The quantitative estimate of drug-likeness (QED) is 0.681. The highest BCUT2D eigenvalue weighted by atomic mass is 16.1. The molecule has 4 aliphatic rings. The highest BCUT2D eigenvalue weighted by Crippen LogP contribution is 2.43. The summed E-state index contributed by atoms with van der Waals surface area (Å²) in [6, 6.07) is 18.5. The Morgan fingerprint density at radius 2 is 1.71 bits per heavy atom. The van der Waals surface area contributed by atoms with Crippen molar-refractivity contribution >= 4 is 5.91 Å².